The molecule has 3 rings (SSSR count). The highest BCUT2D eigenvalue weighted by molar-refractivity contribution is 7.89. The number of carbonyl (C=O) groups is 1. The first-order valence-electron chi connectivity index (χ1n) is 8.25. The fraction of sp³-hybridized carbons (Fsp3) is 0.412. The zero-order chi connectivity index (χ0) is 18.9. The van der Waals surface area contributed by atoms with E-state index in [0.717, 1.165) is 0 Å². The van der Waals surface area contributed by atoms with Crippen molar-refractivity contribution in [3.8, 4) is 0 Å². The molecule has 27 heavy (non-hydrogen) atoms. The van der Waals surface area contributed by atoms with E-state index in [2.05, 4.69) is 10.3 Å². The lowest BCUT2D eigenvalue weighted by molar-refractivity contribution is 0.0599. The van der Waals surface area contributed by atoms with Gasteiger partial charge in [-0.05, 0) is 24.6 Å². The van der Waals surface area contributed by atoms with Crippen molar-refractivity contribution in [2.45, 2.75) is 17.9 Å². The van der Waals surface area contributed by atoms with E-state index in [9.17, 15) is 13.2 Å². The molecule has 148 valence electrons. The third-order valence-electron chi connectivity index (χ3n) is 4.63. The molecular formula is C17H23ClN4O4S. The maximum atomic E-state index is 13.4. The molecule has 0 amide bonds. The Hall–Kier alpha value is -1.94. The summed E-state index contributed by atoms with van der Waals surface area (Å²) < 4.78 is 34.8. The number of imidazole rings is 1. The number of sulfonamides is 1. The first-order valence-corrected chi connectivity index (χ1v) is 9.69. The van der Waals surface area contributed by atoms with Crippen LogP contribution >= 0.6 is 12.4 Å². The number of hydrogen-bond donors (Lipinski definition) is 1. The molecule has 1 saturated heterocycles. The number of methoxy groups -OCH3 is 1. The largest absolute Gasteiger partial charge is 0.465 e. The number of piperazine rings is 1. The molecular weight excluding hydrogens is 392 g/mol. The third-order valence-corrected chi connectivity index (χ3v) is 6.68. The number of ether oxygens (including phenoxy) is 1. The Bertz CT molecular complexity index is 929. The number of nitrogens with one attached hydrogen (secondary N) is 1. The molecule has 1 atom stereocenters. The van der Waals surface area contributed by atoms with E-state index in [1.165, 1.54) is 17.5 Å². The molecule has 10 heteroatoms. The Kier molecular flexibility index (Phi) is 6.63. The molecule has 1 aliphatic rings. The van der Waals surface area contributed by atoms with Crippen LogP contribution in [-0.4, -0.2) is 55.0 Å². The highest BCUT2D eigenvalue weighted by Crippen LogP contribution is 2.30. The molecule has 8 nitrogen and oxygen atoms in total. The van der Waals surface area contributed by atoms with E-state index in [1.54, 1.807) is 31.5 Å². The van der Waals surface area contributed by atoms with Crippen LogP contribution in [0.5, 0.6) is 0 Å². The van der Waals surface area contributed by atoms with Gasteiger partial charge in [0, 0.05) is 39.1 Å². The number of esters is 1. The van der Waals surface area contributed by atoms with E-state index in [-0.39, 0.29) is 22.9 Å². The Labute approximate surface area is 165 Å². The maximum absolute atomic E-state index is 13.4. The van der Waals surface area contributed by atoms with Gasteiger partial charge in [-0.25, -0.2) is 18.2 Å². The van der Waals surface area contributed by atoms with Crippen molar-refractivity contribution in [2.75, 3.05) is 26.7 Å². The van der Waals surface area contributed by atoms with Crippen molar-refractivity contribution in [3.63, 3.8) is 0 Å². The van der Waals surface area contributed by atoms with Crippen LogP contribution in [0.4, 0.5) is 0 Å². The van der Waals surface area contributed by atoms with Crippen molar-refractivity contribution < 1.29 is 17.9 Å². The van der Waals surface area contributed by atoms with Gasteiger partial charge in [0.05, 0.1) is 23.6 Å². The van der Waals surface area contributed by atoms with Crippen LogP contribution in [0.2, 0.25) is 0 Å². The highest BCUT2D eigenvalue weighted by Gasteiger charge is 2.37. The minimum atomic E-state index is -3.82. The van der Waals surface area contributed by atoms with Gasteiger partial charge in [0.25, 0.3) is 0 Å². The molecule has 1 fully saturated rings. The average molecular weight is 415 g/mol. The normalized spacial score (nSPS) is 18.0. The van der Waals surface area contributed by atoms with Gasteiger partial charge < -0.3 is 14.6 Å². The van der Waals surface area contributed by atoms with E-state index in [1.807, 2.05) is 11.6 Å². The van der Waals surface area contributed by atoms with Crippen molar-refractivity contribution >= 4 is 28.4 Å². The number of benzene rings is 1. The zero-order valence-electron chi connectivity index (χ0n) is 15.4. The summed E-state index contributed by atoms with van der Waals surface area (Å²) in [6.45, 7) is 2.97. The molecule has 2 aromatic rings. The first-order chi connectivity index (χ1) is 12.4. The summed E-state index contributed by atoms with van der Waals surface area (Å²) in [7, 11) is -0.704. The lowest BCUT2D eigenvalue weighted by atomic mass is 10.1. The van der Waals surface area contributed by atoms with Crippen molar-refractivity contribution in [1.82, 2.24) is 19.2 Å². The smallest absolute Gasteiger partial charge is 0.338 e. The maximum Gasteiger partial charge on any atom is 0.338 e. The summed E-state index contributed by atoms with van der Waals surface area (Å²) in [6.07, 6.45) is 3.44. The lowest BCUT2D eigenvalue weighted by Gasteiger charge is -2.35. The number of hydrogen-bond acceptors (Lipinski definition) is 6. The van der Waals surface area contributed by atoms with Crippen molar-refractivity contribution in [3.05, 3.63) is 47.5 Å². The fourth-order valence-electron chi connectivity index (χ4n) is 3.24. The predicted molar refractivity (Wildman–Crippen MR) is 102 cm³/mol. The zero-order valence-corrected chi connectivity index (χ0v) is 17.0. The SMILES string of the molecule is COC(=O)c1cccc(S(=O)(=O)N2CCNCC2c2nccn2C)c1C.Cl. The Balaban J connectivity index is 0.00000261. The second kappa shape index (κ2) is 8.39. The molecule has 0 radical (unpaired) electrons. The van der Waals surface area contributed by atoms with Crippen molar-refractivity contribution in [2.24, 2.45) is 7.05 Å². The van der Waals surface area contributed by atoms with Gasteiger partial charge in [-0.3, -0.25) is 0 Å². The quantitative estimate of drug-likeness (QED) is 0.757. The molecule has 1 unspecified atom stereocenters. The Morgan fingerprint density at radius 2 is 2.11 bits per heavy atom. The summed E-state index contributed by atoms with van der Waals surface area (Å²) in [5.41, 5.74) is 0.633. The van der Waals surface area contributed by atoms with Crippen LogP contribution in [0.1, 0.15) is 27.8 Å². The predicted octanol–water partition coefficient (Wildman–Crippen LogP) is 1.27. The minimum absolute atomic E-state index is 0. The molecule has 1 aliphatic heterocycles. The number of aromatic nitrogens is 2. The fourth-order valence-corrected chi connectivity index (χ4v) is 5.08. The molecule has 0 spiro atoms. The lowest BCUT2D eigenvalue weighted by Crippen LogP contribution is -2.49. The second-order valence-corrected chi connectivity index (χ2v) is 8.01. The number of halogens is 1. The highest BCUT2D eigenvalue weighted by atomic mass is 35.5. The third kappa shape index (κ3) is 3.86. The summed E-state index contributed by atoms with van der Waals surface area (Å²) in [5.74, 6) is 0.114. The van der Waals surface area contributed by atoms with Crippen LogP contribution in [0.25, 0.3) is 0 Å². The topological polar surface area (TPSA) is 93.5 Å². The molecule has 1 N–H and O–H groups in total. The second-order valence-electron chi connectivity index (χ2n) is 6.15. The van der Waals surface area contributed by atoms with Crippen LogP contribution < -0.4 is 5.32 Å². The van der Waals surface area contributed by atoms with Crippen molar-refractivity contribution in [1.29, 1.82) is 0 Å². The van der Waals surface area contributed by atoms with Gasteiger partial charge in [-0.2, -0.15) is 4.31 Å². The molecule has 1 aromatic heterocycles. The summed E-state index contributed by atoms with van der Waals surface area (Å²) in [4.78, 5) is 16.4. The summed E-state index contributed by atoms with van der Waals surface area (Å²) in [5, 5.41) is 3.22. The molecule has 1 aromatic carbocycles. The monoisotopic (exact) mass is 414 g/mol. The summed E-state index contributed by atoms with van der Waals surface area (Å²) >= 11 is 0. The summed E-state index contributed by atoms with van der Waals surface area (Å²) in [6, 6.07) is 4.22. The average Bonchev–Trinajstić information content (AvgIpc) is 3.07. The van der Waals surface area contributed by atoms with E-state index >= 15 is 0 Å². The van der Waals surface area contributed by atoms with Gasteiger partial charge in [-0.15, -0.1) is 12.4 Å². The molecule has 2 heterocycles. The van der Waals surface area contributed by atoms with E-state index in [0.29, 0.717) is 31.0 Å². The minimum Gasteiger partial charge on any atom is -0.465 e. The van der Waals surface area contributed by atoms with E-state index < -0.39 is 22.0 Å². The number of carbonyl (C=O) groups excluding carboxylic acids is 1. The Morgan fingerprint density at radius 1 is 1.37 bits per heavy atom. The van der Waals surface area contributed by atoms with Crippen LogP contribution in [0.15, 0.2) is 35.5 Å². The van der Waals surface area contributed by atoms with Gasteiger partial charge in [-0.1, -0.05) is 6.07 Å². The first kappa shape index (κ1) is 21.4. The molecule has 0 saturated carbocycles. The molecule has 0 bridgehead atoms. The van der Waals surface area contributed by atoms with Gasteiger partial charge in [0.15, 0.2) is 0 Å². The number of rotatable bonds is 4. The van der Waals surface area contributed by atoms with E-state index in [4.69, 9.17) is 4.74 Å². The number of aryl methyl sites for hydroxylation is 1. The van der Waals surface area contributed by atoms with Gasteiger partial charge >= 0.3 is 5.97 Å². The number of nitrogens with zero attached hydrogens (tertiary/aromatic N) is 3. The molecule has 0 aliphatic carbocycles. The van der Waals surface area contributed by atoms with Crippen LogP contribution in [-0.2, 0) is 21.8 Å². The van der Waals surface area contributed by atoms with Gasteiger partial charge in [0.2, 0.25) is 10.0 Å². The van der Waals surface area contributed by atoms with Gasteiger partial charge in [0.1, 0.15) is 5.82 Å². The standard InChI is InChI=1S/C17H22N4O4S.ClH/c1-12-13(17(22)25-3)5-4-6-15(12)26(23,24)21-10-7-18-11-14(21)16-19-8-9-20(16)2;/h4-6,8-9,14,18H,7,10-11H2,1-3H3;1H. The Morgan fingerprint density at radius 3 is 2.74 bits per heavy atom. The van der Waals surface area contributed by atoms with Crippen LogP contribution in [0, 0.1) is 6.92 Å². The van der Waals surface area contributed by atoms with Crippen LogP contribution in [0.3, 0.4) is 0 Å².